The third-order valence-electron chi connectivity index (χ3n) is 6.57. The first-order valence-electron chi connectivity index (χ1n) is 12.4. The average molecular weight is 542 g/mol. The standard InChI is InChI=1S/C29H27N5O4S/c1-2-16-33-25-17-22(32-39(37,38)26-9-5-7-20-6-3-4-8-23(20)26)14-15-24(25)28(35)34(29(33)36)18-19-10-12-21(13-11-19)27(30)31/h3-15,17,32H,2,16,18H2,1H3,(H3,30,31). The molecular formula is C29H27N5O4S. The number of sulfonamides is 1. The van der Waals surface area contributed by atoms with E-state index in [0.717, 1.165) is 5.39 Å². The number of nitrogens with one attached hydrogen (secondary N) is 2. The second-order valence-corrected chi connectivity index (χ2v) is 10.9. The van der Waals surface area contributed by atoms with Gasteiger partial charge in [0.25, 0.3) is 15.6 Å². The highest BCUT2D eigenvalue weighted by Gasteiger charge is 2.19. The normalized spacial score (nSPS) is 11.6. The van der Waals surface area contributed by atoms with Crippen LogP contribution in [0.5, 0.6) is 0 Å². The van der Waals surface area contributed by atoms with Gasteiger partial charge in [0.1, 0.15) is 5.84 Å². The van der Waals surface area contributed by atoms with Crippen molar-refractivity contribution >= 4 is 43.2 Å². The quantitative estimate of drug-likeness (QED) is 0.202. The number of nitrogen functional groups attached to an aromatic ring is 1. The smallest absolute Gasteiger partial charge is 0.331 e. The van der Waals surface area contributed by atoms with E-state index < -0.39 is 21.3 Å². The Bertz CT molecular complexity index is 1950. The fourth-order valence-electron chi connectivity index (χ4n) is 4.67. The monoisotopic (exact) mass is 541 g/mol. The summed E-state index contributed by atoms with van der Waals surface area (Å²) in [6, 6.07) is 23.7. The van der Waals surface area contributed by atoms with Crippen LogP contribution < -0.4 is 21.7 Å². The number of fused-ring (bicyclic) bond motifs is 2. The highest BCUT2D eigenvalue weighted by molar-refractivity contribution is 7.93. The van der Waals surface area contributed by atoms with Gasteiger partial charge in [0, 0.05) is 17.5 Å². The zero-order chi connectivity index (χ0) is 27.7. The highest BCUT2D eigenvalue weighted by Crippen LogP contribution is 2.26. The minimum absolute atomic E-state index is 0.0466. The molecule has 4 aromatic carbocycles. The summed E-state index contributed by atoms with van der Waals surface area (Å²) in [5.74, 6) is -0.0680. The first kappa shape index (κ1) is 25.9. The van der Waals surface area contributed by atoms with E-state index >= 15 is 0 Å². The molecule has 4 N–H and O–H groups in total. The van der Waals surface area contributed by atoms with Crippen molar-refractivity contribution in [3.63, 3.8) is 0 Å². The molecule has 0 aliphatic rings. The van der Waals surface area contributed by atoms with Crippen LogP contribution in [0.4, 0.5) is 5.69 Å². The molecule has 10 heteroatoms. The molecule has 5 rings (SSSR count). The number of aromatic nitrogens is 2. The molecule has 198 valence electrons. The Kier molecular flexibility index (Phi) is 6.80. The van der Waals surface area contributed by atoms with Gasteiger partial charge in [-0.05, 0) is 41.6 Å². The van der Waals surface area contributed by atoms with Crippen molar-refractivity contribution in [2.24, 2.45) is 5.73 Å². The van der Waals surface area contributed by atoms with Gasteiger partial charge in [0.05, 0.1) is 28.0 Å². The van der Waals surface area contributed by atoms with Crippen molar-refractivity contribution in [1.82, 2.24) is 9.13 Å². The second-order valence-electron chi connectivity index (χ2n) is 9.25. The van der Waals surface area contributed by atoms with Crippen LogP contribution in [0.1, 0.15) is 24.5 Å². The third kappa shape index (κ3) is 4.94. The number of hydrogen-bond acceptors (Lipinski definition) is 5. The summed E-state index contributed by atoms with van der Waals surface area (Å²) in [5, 5.41) is 9.24. The Hall–Kier alpha value is -4.70. The Morgan fingerprint density at radius 1 is 0.897 bits per heavy atom. The minimum Gasteiger partial charge on any atom is -0.384 e. The van der Waals surface area contributed by atoms with Gasteiger partial charge < -0.3 is 5.73 Å². The number of nitrogens with two attached hydrogens (primary N) is 1. The van der Waals surface area contributed by atoms with Crippen molar-refractivity contribution in [2.45, 2.75) is 31.3 Å². The fourth-order valence-corrected chi connectivity index (χ4v) is 5.95. The van der Waals surface area contributed by atoms with Gasteiger partial charge in [0.2, 0.25) is 0 Å². The summed E-state index contributed by atoms with van der Waals surface area (Å²) in [5.41, 5.74) is 6.42. The predicted octanol–water partition coefficient (Wildman–Crippen LogP) is 3.86. The molecule has 0 unspecified atom stereocenters. The first-order valence-corrected chi connectivity index (χ1v) is 13.9. The Morgan fingerprint density at radius 2 is 1.62 bits per heavy atom. The van der Waals surface area contributed by atoms with E-state index in [1.54, 1.807) is 54.6 Å². The van der Waals surface area contributed by atoms with E-state index in [1.807, 2.05) is 25.1 Å². The van der Waals surface area contributed by atoms with Crippen molar-refractivity contribution < 1.29 is 8.42 Å². The van der Waals surface area contributed by atoms with Crippen LogP contribution in [-0.4, -0.2) is 23.4 Å². The molecule has 0 atom stereocenters. The van der Waals surface area contributed by atoms with Crippen LogP contribution >= 0.6 is 0 Å². The number of benzene rings is 4. The van der Waals surface area contributed by atoms with Gasteiger partial charge in [-0.25, -0.2) is 13.2 Å². The van der Waals surface area contributed by atoms with E-state index in [2.05, 4.69) is 4.72 Å². The summed E-state index contributed by atoms with van der Waals surface area (Å²) in [6.45, 7) is 2.31. The van der Waals surface area contributed by atoms with Gasteiger partial charge in [-0.1, -0.05) is 67.6 Å². The maximum absolute atomic E-state index is 13.5. The van der Waals surface area contributed by atoms with Crippen molar-refractivity contribution in [3.8, 4) is 0 Å². The zero-order valence-electron chi connectivity index (χ0n) is 21.2. The molecule has 0 aliphatic heterocycles. The fraction of sp³-hybridized carbons (Fsp3) is 0.138. The van der Waals surface area contributed by atoms with Crippen molar-refractivity contribution in [1.29, 1.82) is 5.41 Å². The van der Waals surface area contributed by atoms with Gasteiger partial charge in [-0.2, -0.15) is 0 Å². The van der Waals surface area contributed by atoms with Gasteiger partial charge in [0.15, 0.2) is 0 Å². The molecule has 0 spiro atoms. The lowest BCUT2D eigenvalue weighted by Crippen LogP contribution is -2.40. The summed E-state index contributed by atoms with van der Waals surface area (Å²) in [7, 11) is -3.96. The van der Waals surface area contributed by atoms with Crippen LogP contribution in [0.25, 0.3) is 21.7 Å². The molecule has 0 fully saturated rings. The second kappa shape index (κ2) is 10.2. The van der Waals surface area contributed by atoms with Crippen LogP contribution in [-0.2, 0) is 23.1 Å². The minimum atomic E-state index is -3.96. The van der Waals surface area contributed by atoms with Crippen LogP contribution in [0.3, 0.4) is 0 Å². The van der Waals surface area contributed by atoms with E-state index in [0.29, 0.717) is 40.4 Å². The Balaban J connectivity index is 1.57. The summed E-state index contributed by atoms with van der Waals surface area (Å²) >= 11 is 0. The van der Waals surface area contributed by atoms with Gasteiger partial charge >= 0.3 is 5.69 Å². The zero-order valence-corrected chi connectivity index (χ0v) is 22.0. The maximum atomic E-state index is 13.5. The molecule has 0 saturated carbocycles. The van der Waals surface area contributed by atoms with E-state index in [9.17, 15) is 18.0 Å². The lowest BCUT2D eigenvalue weighted by Gasteiger charge is -2.16. The summed E-state index contributed by atoms with van der Waals surface area (Å²) in [6.07, 6.45) is 0.631. The lowest BCUT2D eigenvalue weighted by molar-refractivity contribution is 0.593. The van der Waals surface area contributed by atoms with Crippen LogP contribution in [0.2, 0.25) is 0 Å². The van der Waals surface area contributed by atoms with Crippen LogP contribution in [0.15, 0.2) is 99.4 Å². The maximum Gasteiger partial charge on any atom is 0.331 e. The lowest BCUT2D eigenvalue weighted by atomic mass is 10.1. The molecule has 0 saturated heterocycles. The van der Waals surface area contributed by atoms with Crippen molar-refractivity contribution in [2.75, 3.05) is 4.72 Å². The molecule has 1 aromatic heterocycles. The van der Waals surface area contributed by atoms with E-state index in [4.69, 9.17) is 11.1 Å². The number of anilines is 1. The molecule has 39 heavy (non-hydrogen) atoms. The highest BCUT2D eigenvalue weighted by atomic mass is 32.2. The molecule has 0 aliphatic carbocycles. The molecular weight excluding hydrogens is 514 g/mol. The van der Waals surface area contributed by atoms with E-state index in [-0.39, 0.29) is 23.0 Å². The molecule has 9 nitrogen and oxygen atoms in total. The molecule has 0 bridgehead atoms. The molecule has 0 amide bonds. The largest absolute Gasteiger partial charge is 0.384 e. The van der Waals surface area contributed by atoms with Crippen molar-refractivity contribution in [3.05, 3.63) is 117 Å². The number of hydrogen-bond donors (Lipinski definition) is 3. The van der Waals surface area contributed by atoms with Crippen LogP contribution in [0, 0.1) is 5.41 Å². The summed E-state index contributed by atoms with van der Waals surface area (Å²) in [4.78, 5) is 27.0. The Labute approximate surface area is 224 Å². The molecule has 5 aromatic rings. The van der Waals surface area contributed by atoms with Gasteiger partial charge in [-0.3, -0.25) is 24.1 Å². The number of rotatable bonds is 8. The number of aryl methyl sites for hydroxylation is 1. The number of nitrogens with zero attached hydrogens (tertiary/aromatic N) is 2. The van der Waals surface area contributed by atoms with E-state index in [1.165, 1.54) is 21.3 Å². The molecule has 1 heterocycles. The Morgan fingerprint density at radius 3 is 2.33 bits per heavy atom. The number of amidine groups is 1. The average Bonchev–Trinajstić information content (AvgIpc) is 2.93. The molecule has 0 radical (unpaired) electrons. The van der Waals surface area contributed by atoms with Gasteiger partial charge in [-0.15, -0.1) is 0 Å². The summed E-state index contributed by atoms with van der Waals surface area (Å²) < 4.78 is 32.0. The first-order chi connectivity index (χ1) is 18.7. The third-order valence-corrected chi connectivity index (χ3v) is 8.01. The SMILES string of the molecule is CCCn1c(=O)n(Cc2ccc(C(=N)N)cc2)c(=O)c2ccc(NS(=O)(=O)c3cccc4ccccc34)cc21. The topological polar surface area (TPSA) is 140 Å². The predicted molar refractivity (Wildman–Crippen MR) is 154 cm³/mol.